The van der Waals surface area contributed by atoms with Gasteiger partial charge in [-0.1, -0.05) is 13.3 Å². The zero-order valence-electron chi connectivity index (χ0n) is 8.71. The monoisotopic (exact) mass is 244 g/mol. The zero-order valence-corrected chi connectivity index (χ0v) is 10.5. The lowest BCUT2D eigenvalue weighted by Gasteiger charge is -2.23. The van der Waals surface area contributed by atoms with Gasteiger partial charge in [0.2, 0.25) is 7.37 Å². The maximum atomic E-state index is 11.6. The third kappa shape index (κ3) is 4.24. The van der Waals surface area contributed by atoms with Gasteiger partial charge < -0.3 is 14.3 Å². The Labute approximate surface area is 84.5 Å². The van der Waals surface area contributed by atoms with Crippen LogP contribution >= 0.6 is 15.0 Å². The van der Waals surface area contributed by atoms with E-state index in [-0.39, 0.29) is 13.0 Å². The summed E-state index contributed by atoms with van der Waals surface area (Å²) in [6.07, 6.45) is 0.790. The van der Waals surface area contributed by atoms with Crippen LogP contribution in [0.5, 0.6) is 0 Å². The summed E-state index contributed by atoms with van der Waals surface area (Å²) in [6, 6.07) is 0. The van der Waals surface area contributed by atoms with E-state index in [1.165, 1.54) is 0 Å². The molecule has 0 heterocycles. The molecule has 0 rings (SSSR count). The highest BCUT2D eigenvalue weighted by molar-refractivity contribution is 7.73. The topological polar surface area (TPSA) is 83.8 Å². The van der Waals surface area contributed by atoms with Crippen LogP contribution in [0.2, 0.25) is 0 Å². The molecular weight excluding hydrogens is 226 g/mol. The molecule has 14 heavy (non-hydrogen) atoms. The van der Waals surface area contributed by atoms with Crippen molar-refractivity contribution in [2.45, 2.75) is 32.1 Å². The van der Waals surface area contributed by atoms with Crippen LogP contribution in [0.25, 0.3) is 0 Å². The molecular formula is C7H18O5P2. The zero-order chi connectivity index (χ0) is 11.4. The molecule has 0 aliphatic carbocycles. The van der Waals surface area contributed by atoms with Crippen molar-refractivity contribution in [1.29, 1.82) is 0 Å². The van der Waals surface area contributed by atoms with E-state index in [0.29, 0.717) is 6.42 Å². The maximum absolute atomic E-state index is 11.6. The largest absolute Gasteiger partial charge is 0.344 e. The molecule has 0 radical (unpaired) electrons. The van der Waals surface area contributed by atoms with Crippen molar-refractivity contribution in [1.82, 2.24) is 0 Å². The highest BCUT2D eigenvalue weighted by atomic mass is 31.2. The Balaban J connectivity index is 4.82. The fraction of sp³-hybridized carbons (Fsp3) is 1.00. The first-order chi connectivity index (χ1) is 6.25. The average molecular weight is 244 g/mol. The molecule has 0 saturated heterocycles. The first kappa shape index (κ1) is 14.3. The third-order valence-corrected chi connectivity index (χ3v) is 6.96. The normalized spacial score (nSPS) is 22.4. The molecule has 3 unspecified atom stereocenters. The molecule has 0 bridgehead atoms. The van der Waals surface area contributed by atoms with Gasteiger partial charge in [0.15, 0.2) is 0 Å². The van der Waals surface area contributed by atoms with Crippen molar-refractivity contribution in [2.75, 3.05) is 13.3 Å². The van der Waals surface area contributed by atoms with E-state index in [0.717, 1.165) is 6.66 Å². The predicted molar refractivity (Wildman–Crippen MR) is 55.9 cm³/mol. The van der Waals surface area contributed by atoms with Crippen LogP contribution in [0, 0.1) is 0 Å². The van der Waals surface area contributed by atoms with Crippen molar-refractivity contribution >= 4 is 15.0 Å². The molecule has 5 nitrogen and oxygen atoms in total. The van der Waals surface area contributed by atoms with Gasteiger partial charge in [-0.3, -0.25) is 9.13 Å². The quantitative estimate of drug-likeness (QED) is 0.700. The summed E-state index contributed by atoms with van der Waals surface area (Å²) in [6.45, 7) is 4.52. The van der Waals surface area contributed by atoms with Crippen molar-refractivity contribution < 1.29 is 23.4 Å². The molecule has 7 heteroatoms. The SMILES string of the molecule is CCCC(P(C)(=O)O)P(=O)(O)OCC. The van der Waals surface area contributed by atoms with E-state index in [9.17, 15) is 18.9 Å². The molecule has 2 N–H and O–H groups in total. The minimum Gasteiger partial charge on any atom is -0.344 e. The number of rotatable bonds is 6. The second-order valence-electron chi connectivity index (χ2n) is 3.19. The lowest BCUT2D eigenvalue weighted by atomic mass is 10.4. The first-order valence-electron chi connectivity index (χ1n) is 4.52. The highest BCUT2D eigenvalue weighted by Crippen LogP contribution is 2.64. The van der Waals surface area contributed by atoms with Gasteiger partial charge in [-0.25, -0.2) is 0 Å². The van der Waals surface area contributed by atoms with Crippen LogP contribution in [0.1, 0.15) is 26.7 Å². The second kappa shape index (κ2) is 5.43. The lowest BCUT2D eigenvalue weighted by Crippen LogP contribution is -2.10. The van der Waals surface area contributed by atoms with Crippen molar-refractivity contribution in [3.05, 3.63) is 0 Å². The Kier molecular flexibility index (Phi) is 5.56. The molecule has 0 spiro atoms. The molecule has 0 saturated carbocycles. The highest BCUT2D eigenvalue weighted by Gasteiger charge is 2.41. The summed E-state index contributed by atoms with van der Waals surface area (Å²) in [5.74, 6) is 0. The minimum atomic E-state index is -3.95. The van der Waals surface area contributed by atoms with Crippen molar-refractivity contribution in [3.63, 3.8) is 0 Å². The summed E-state index contributed by atoms with van der Waals surface area (Å²) in [5, 5.41) is -1.15. The summed E-state index contributed by atoms with van der Waals surface area (Å²) < 4.78 is 27.6. The van der Waals surface area contributed by atoms with Crippen LogP contribution in [-0.4, -0.2) is 28.5 Å². The molecule has 0 aliphatic rings. The van der Waals surface area contributed by atoms with E-state index < -0.39 is 20.4 Å². The Morgan fingerprint density at radius 2 is 1.79 bits per heavy atom. The minimum absolute atomic E-state index is 0.0635. The summed E-state index contributed by atoms with van der Waals surface area (Å²) in [5.41, 5.74) is 0. The molecule has 0 aromatic carbocycles. The summed E-state index contributed by atoms with van der Waals surface area (Å²) in [7, 11) is -7.54. The number of hydrogen-bond acceptors (Lipinski definition) is 3. The van der Waals surface area contributed by atoms with Crippen LogP contribution in [0.15, 0.2) is 0 Å². The number of hydrogen-bond donors (Lipinski definition) is 2. The lowest BCUT2D eigenvalue weighted by molar-refractivity contribution is 0.267. The van der Waals surface area contributed by atoms with E-state index >= 15 is 0 Å². The van der Waals surface area contributed by atoms with Crippen molar-refractivity contribution in [2.24, 2.45) is 0 Å². The van der Waals surface area contributed by atoms with Crippen LogP contribution in [0.3, 0.4) is 0 Å². The third-order valence-electron chi connectivity index (χ3n) is 1.79. The van der Waals surface area contributed by atoms with Crippen LogP contribution in [-0.2, 0) is 13.7 Å². The smallest absolute Gasteiger partial charge is 0.340 e. The first-order valence-corrected chi connectivity index (χ1v) is 8.35. The van der Waals surface area contributed by atoms with Gasteiger partial charge in [-0.2, -0.15) is 0 Å². The van der Waals surface area contributed by atoms with Crippen LogP contribution in [0.4, 0.5) is 0 Å². The Morgan fingerprint density at radius 1 is 1.29 bits per heavy atom. The van der Waals surface area contributed by atoms with Gasteiger partial charge in [0.05, 0.1) is 6.61 Å². The van der Waals surface area contributed by atoms with Crippen molar-refractivity contribution in [3.8, 4) is 0 Å². The Morgan fingerprint density at radius 3 is 2.07 bits per heavy atom. The standard InChI is InChI=1S/C7H18O5P2/c1-4-6-7(13(3,8)9)14(10,11)12-5-2/h7H,4-6H2,1-3H3,(H,8,9)(H,10,11). The predicted octanol–water partition coefficient (Wildman–Crippen LogP) is 2.23. The Bertz CT molecular complexity index is 259. The van der Waals surface area contributed by atoms with Gasteiger partial charge in [-0.05, 0) is 13.3 Å². The molecule has 0 aromatic rings. The second-order valence-corrected chi connectivity index (χ2v) is 8.12. The van der Waals surface area contributed by atoms with Gasteiger partial charge in [-0.15, -0.1) is 0 Å². The molecule has 0 amide bonds. The van der Waals surface area contributed by atoms with Crippen LogP contribution < -0.4 is 0 Å². The van der Waals surface area contributed by atoms with Gasteiger partial charge in [0, 0.05) is 6.66 Å². The van der Waals surface area contributed by atoms with E-state index in [4.69, 9.17) is 0 Å². The summed E-state index contributed by atoms with van der Waals surface area (Å²) in [4.78, 5) is 18.8. The fourth-order valence-electron chi connectivity index (χ4n) is 1.20. The molecule has 3 atom stereocenters. The molecule has 0 aliphatic heterocycles. The van der Waals surface area contributed by atoms with E-state index in [1.54, 1.807) is 13.8 Å². The van der Waals surface area contributed by atoms with E-state index in [2.05, 4.69) is 4.52 Å². The van der Waals surface area contributed by atoms with Gasteiger partial charge in [0.25, 0.3) is 0 Å². The molecule has 86 valence electrons. The van der Waals surface area contributed by atoms with Gasteiger partial charge in [0.1, 0.15) is 5.40 Å². The molecule has 0 aromatic heterocycles. The fourth-order valence-corrected chi connectivity index (χ4v) is 5.43. The summed E-state index contributed by atoms with van der Waals surface area (Å²) >= 11 is 0. The molecule has 0 fully saturated rings. The van der Waals surface area contributed by atoms with E-state index in [1.807, 2.05) is 0 Å². The maximum Gasteiger partial charge on any atom is 0.340 e. The van der Waals surface area contributed by atoms with Gasteiger partial charge >= 0.3 is 7.60 Å². The average Bonchev–Trinajstić information content (AvgIpc) is 1.97. The Hall–Kier alpha value is 0.340.